The van der Waals surface area contributed by atoms with E-state index in [0.29, 0.717) is 23.7 Å². The van der Waals surface area contributed by atoms with Crippen LogP contribution in [0.2, 0.25) is 0 Å². The number of hydrogen-bond acceptors (Lipinski definition) is 4. The van der Waals surface area contributed by atoms with Gasteiger partial charge in [-0.05, 0) is 37.9 Å². The van der Waals surface area contributed by atoms with Crippen LogP contribution in [0.25, 0.3) is 0 Å². The van der Waals surface area contributed by atoms with Crippen molar-refractivity contribution in [2.45, 2.75) is 25.4 Å². The monoisotopic (exact) mass is 328 g/mol. The fourth-order valence-electron chi connectivity index (χ4n) is 2.65. The molecule has 2 atom stereocenters. The Labute approximate surface area is 137 Å². The third-order valence-electron chi connectivity index (χ3n) is 3.93. The van der Waals surface area contributed by atoms with E-state index in [1.807, 2.05) is 12.1 Å². The molecule has 3 N–H and O–H groups in total. The summed E-state index contributed by atoms with van der Waals surface area (Å²) < 4.78 is 5.21. The first-order valence-electron chi connectivity index (χ1n) is 7.49. The summed E-state index contributed by atoms with van der Waals surface area (Å²) in [5, 5.41) is 16.2. The van der Waals surface area contributed by atoms with E-state index in [-0.39, 0.29) is 24.9 Å². The van der Waals surface area contributed by atoms with Gasteiger partial charge in [0.05, 0.1) is 13.2 Å². The van der Waals surface area contributed by atoms with Crippen molar-refractivity contribution in [1.29, 1.82) is 0 Å². The van der Waals surface area contributed by atoms with Gasteiger partial charge in [-0.1, -0.05) is 18.2 Å². The number of hydrogen-bond donors (Lipinski definition) is 3. The third kappa shape index (κ3) is 5.48. The molecule has 22 heavy (non-hydrogen) atoms. The van der Waals surface area contributed by atoms with Crippen molar-refractivity contribution in [2.75, 3.05) is 26.7 Å². The second-order valence-corrected chi connectivity index (χ2v) is 5.46. The molecular weight excluding hydrogens is 304 g/mol. The van der Waals surface area contributed by atoms with Crippen molar-refractivity contribution < 1.29 is 14.6 Å². The van der Waals surface area contributed by atoms with Gasteiger partial charge in [0.25, 0.3) is 0 Å². The number of aliphatic hydroxyl groups is 1. The topological polar surface area (TPSA) is 70.6 Å². The summed E-state index contributed by atoms with van der Waals surface area (Å²) in [4.78, 5) is 11.8. The Kier molecular flexibility index (Phi) is 8.24. The van der Waals surface area contributed by atoms with E-state index in [0.717, 1.165) is 25.9 Å². The number of methoxy groups -OCH3 is 1. The molecule has 124 valence electrons. The highest BCUT2D eigenvalue weighted by molar-refractivity contribution is 5.85. The molecule has 0 aliphatic carbocycles. The SMILES string of the molecule is COc1ccccc1C(O)CNC(=O)CCC1CCNC1.Cl. The van der Waals surface area contributed by atoms with E-state index in [1.165, 1.54) is 0 Å². The Morgan fingerprint density at radius 2 is 2.27 bits per heavy atom. The molecule has 0 bridgehead atoms. The number of benzene rings is 1. The molecule has 1 aromatic rings. The quantitative estimate of drug-likeness (QED) is 0.712. The summed E-state index contributed by atoms with van der Waals surface area (Å²) in [6.45, 7) is 2.28. The summed E-state index contributed by atoms with van der Waals surface area (Å²) in [6.07, 6.45) is 1.82. The minimum Gasteiger partial charge on any atom is -0.496 e. The number of carbonyl (C=O) groups excluding carboxylic acids is 1. The molecular formula is C16H25ClN2O3. The smallest absolute Gasteiger partial charge is 0.220 e. The highest BCUT2D eigenvalue weighted by atomic mass is 35.5. The van der Waals surface area contributed by atoms with Gasteiger partial charge >= 0.3 is 0 Å². The first kappa shape index (κ1) is 18.7. The number of halogens is 1. The Morgan fingerprint density at radius 3 is 2.95 bits per heavy atom. The van der Waals surface area contributed by atoms with Gasteiger partial charge in [-0.25, -0.2) is 0 Å². The van der Waals surface area contributed by atoms with Crippen molar-refractivity contribution in [3.8, 4) is 5.75 Å². The highest BCUT2D eigenvalue weighted by Crippen LogP contribution is 2.24. The van der Waals surface area contributed by atoms with E-state index >= 15 is 0 Å². The number of para-hydroxylation sites is 1. The summed E-state index contributed by atoms with van der Waals surface area (Å²) >= 11 is 0. The maximum atomic E-state index is 11.8. The molecule has 1 aliphatic heterocycles. The molecule has 2 rings (SSSR count). The zero-order valence-electron chi connectivity index (χ0n) is 12.9. The van der Waals surface area contributed by atoms with E-state index < -0.39 is 6.10 Å². The molecule has 0 spiro atoms. The molecule has 1 aromatic carbocycles. The average molecular weight is 329 g/mol. The van der Waals surface area contributed by atoms with Gasteiger partial charge in [-0.2, -0.15) is 0 Å². The molecule has 1 saturated heterocycles. The van der Waals surface area contributed by atoms with Gasteiger partial charge in [0.2, 0.25) is 5.91 Å². The lowest BCUT2D eigenvalue weighted by atomic mass is 10.0. The average Bonchev–Trinajstić information content (AvgIpc) is 3.04. The molecule has 1 aliphatic rings. The second-order valence-electron chi connectivity index (χ2n) is 5.46. The highest BCUT2D eigenvalue weighted by Gasteiger charge is 2.17. The van der Waals surface area contributed by atoms with Crippen LogP contribution < -0.4 is 15.4 Å². The van der Waals surface area contributed by atoms with E-state index in [2.05, 4.69) is 10.6 Å². The number of rotatable bonds is 7. The Morgan fingerprint density at radius 1 is 1.50 bits per heavy atom. The Balaban J connectivity index is 0.00000242. The van der Waals surface area contributed by atoms with Crippen LogP contribution in [0.3, 0.4) is 0 Å². The van der Waals surface area contributed by atoms with Crippen molar-refractivity contribution in [3.63, 3.8) is 0 Å². The van der Waals surface area contributed by atoms with Crippen LogP contribution in [0, 0.1) is 5.92 Å². The molecule has 2 unspecified atom stereocenters. The molecule has 1 heterocycles. The minimum absolute atomic E-state index is 0. The van der Waals surface area contributed by atoms with E-state index in [9.17, 15) is 9.90 Å². The lowest BCUT2D eigenvalue weighted by Gasteiger charge is -2.15. The van der Waals surface area contributed by atoms with Crippen LogP contribution in [-0.2, 0) is 4.79 Å². The Hall–Kier alpha value is -1.30. The van der Waals surface area contributed by atoms with Gasteiger partial charge in [0.1, 0.15) is 5.75 Å². The van der Waals surface area contributed by atoms with Crippen LogP contribution in [0.4, 0.5) is 0 Å². The third-order valence-corrected chi connectivity index (χ3v) is 3.93. The van der Waals surface area contributed by atoms with E-state index in [4.69, 9.17) is 4.74 Å². The van der Waals surface area contributed by atoms with Crippen LogP contribution in [0.5, 0.6) is 5.75 Å². The molecule has 0 radical (unpaired) electrons. The van der Waals surface area contributed by atoms with Gasteiger partial charge in [-0.15, -0.1) is 12.4 Å². The largest absolute Gasteiger partial charge is 0.496 e. The van der Waals surface area contributed by atoms with Gasteiger partial charge < -0.3 is 20.5 Å². The number of carbonyl (C=O) groups is 1. The lowest BCUT2D eigenvalue weighted by molar-refractivity contribution is -0.121. The van der Waals surface area contributed by atoms with Crippen LogP contribution in [0.15, 0.2) is 24.3 Å². The summed E-state index contributed by atoms with van der Waals surface area (Å²) in [6, 6.07) is 7.30. The molecule has 0 saturated carbocycles. The maximum absolute atomic E-state index is 11.8. The molecule has 5 nitrogen and oxygen atoms in total. The number of aliphatic hydroxyl groups excluding tert-OH is 1. The fraction of sp³-hybridized carbons (Fsp3) is 0.562. The molecule has 1 fully saturated rings. The molecule has 6 heteroatoms. The Bertz CT molecular complexity index is 464. The zero-order valence-corrected chi connectivity index (χ0v) is 13.7. The predicted octanol–water partition coefficient (Wildman–Crippen LogP) is 1.66. The number of ether oxygens (including phenoxy) is 1. The zero-order chi connectivity index (χ0) is 15.1. The van der Waals surface area contributed by atoms with Crippen LogP contribution in [0.1, 0.15) is 30.9 Å². The van der Waals surface area contributed by atoms with Crippen molar-refractivity contribution >= 4 is 18.3 Å². The van der Waals surface area contributed by atoms with Gasteiger partial charge in [0, 0.05) is 18.5 Å². The van der Waals surface area contributed by atoms with Gasteiger partial charge in [0.15, 0.2) is 0 Å². The second kappa shape index (κ2) is 9.66. The standard InChI is InChI=1S/C16H24N2O3.ClH/c1-21-15-5-3-2-4-13(15)14(19)11-18-16(20)7-6-12-8-9-17-10-12;/h2-5,12,14,17,19H,6-11H2,1H3,(H,18,20);1H. The van der Waals surface area contributed by atoms with Crippen LogP contribution in [-0.4, -0.2) is 37.8 Å². The first-order valence-corrected chi connectivity index (χ1v) is 7.49. The number of nitrogens with one attached hydrogen (secondary N) is 2. The van der Waals surface area contributed by atoms with E-state index in [1.54, 1.807) is 19.2 Å². The molecule has 0 aromatic heterocycles. The van der Waals surface area contributed by atoms with Crippen molar-refractivity contribution in [1.82, 2.24) is 10.6 Å². The summed E-state index contributed by atoms with van der Waals surface area (Å²) in [7, 11) is 1.57. The summed E-state index contributed by atoms with van der Waals surface area (Å²) in [5.74, 6) is 1.24. The normalized spacial score (nSPS) is 18.4. The fourth-order valence-corrected chi connectivity index (χ4v) is 2.65. The number of amides is 1. The summed E-state index contributed by atoms with van der Waals surface area (Å²) in [5.41, 5.74) is 0.695. The minimum atomic E-state index is -0.752. The molecule has 1 amide bonds. The van der Waals surface area contributed by atoms with Crippen molar-refractivity contribution in [2.24, 2.45) is 5.92 Å². The lowest BCUT2D eigenvalue weighted by Crippen LogP contribution is -2.28. The van der Waals surface area contributed by atoms with Crippen LogP contribution >= 0.6 is 12.4 Å². The predicted molar refractivity (Wildman–Crippen MR) is 88.4 cm³/mol. The first-order chi connectivity index (χ1) is 10.2. The van der Waals surface area contributed by atoms with Crippen molar-refractivity contribution in [3.05, 3.63) is 29.8 Å². The maximum Gasteiger partial charge on any atom is 0.220 e. The van der Waals surface area contributed by atoms with Gasteiger partial charge in [-0.3, -0.25) is 4.79 Å².